The highest BCUT2D eigenvalue weighted by molar-refractivity contribution is 6.21. The van der Waals surface area contributed by atoms with E-state index < -0.39 is 92.7 Å². The van der Waals surface area contributed by atoms with Gasteiger partial charge in [0.15, 0.2) is 0 Å². The molecule has 0 spiro atoms. The van der Waals surface area contributed by atoms with Gasteiger partial charge in [-0.2, -0.15) is 0 Å². The lowest BCUT2D eigenvalue weighted by molar-refractivity contribution is -0.366. The maximum Gasteiger partial charge on any atom is 0.522 e. The van der Waals surface area contributed by atoms with E-state index in [1.54, 1.807) is 12.1 Å². The minimum atomic E-state index is -5.20. The summed E-state index contributed by atoms with van der Waals surface area (Å²) in [6.07, 6.45) is -14.5. The van der Waals surface area contributed by atoms with Crippen LogP contribution in [0.5, 0.6) is 0 Å². The Kier molecular flexibility index (Phi) is 11.4. The Morgan fingerprint density at radius 1 is 0.722 bits per heavy atom. The van der Waals surface area contributed by atoms with Crippen LogP contribution >= 0.6 is 0 Å². The van der Waals surface area contributed by atoms with Crippen molar-refractivity contribution in [2.45, 2.75) is 62.7 Å². The van der Waals surface area contributed by atoms with Crippen LogP contribution in [0.15, 0.2) is 48.8 Å². The van der Waals surface area contributed by atoms with Crippen LogP contribution in [-0.2, 0) is 22.6 Å². The van der Waals surface area contributed by atoms with Gasteiger partial charge in [0.1, 0.15) is 35.5 Å². The number of carbonyl (C=O) groups excluding carboxylic acids is 2. The fourth-order valence-electron chi connectivity index (χ4n) is 5.96. The topological polar surface area (TPSA) is 114 Å². The Bertz CT molecular complexity index is 1830. The molecule has 5 heterocycles. The minimum absolute atomic E-state index is 0.0342. The molecule has 2 saturated heterocycles. The number of rotatable bonds is 7. The average molecular weight is 789 g/mol. The SMILES string of the molecule is NCc1cc(N2CCC(OC(F)(F)F)C(F)(F)C2)ncc1F.O=C1c2ccccc2C(=O)N1Cc1cc(N2CCC(OC(F)(F)F)C(F)(F)C2)ncc1F. The first-order valence-electron chi connectivity index (χ1n) is 15.8. The first-order chi connectivity index (χ1) is 25.1. The van der Waals surface area contributed by atoms with Gasteiger partial charge in [-0.15, -0.1) is 26.3 Å². The van der Waals surface area contributed by atoms with E-state index in [0.29, 0.717) is 0 Å². The molecule has 3 aromatic rings. The molecule has 2 aromatic heterocycles. The van der Waals surface area contributed by atoms with E-state index in [2.05, 4.69) is 19.4 Å². The van der Waals surface area contributed by atoms with Gasteiger partial charge in [0.2, 0.25) is 0 Å². The molecule has 1 aromatic carbocycles. The number of fused-ring (bicyclic) bond motifs is 1. The van der Waals surface area contributed by atoms with Crippen molar-refractivity contribution in [1.82, 2.24) is 14.9 Å². The van der Waals surface area contributed by atoms with E-state index >= 15 is 0 Å². The summed E-state index contributed by atoms with van der Waals surface area (Å²) in [6.45, 7) is -3.11. The van der Waals surface area contributed by atoms with E-state index in [1.807, 2.05) is 0 Å². The summed E-state index contributed by atoms with van der Waals surface area (Å²) in [7, 11) is 0. The highest BCUT2D eigenvalue weighted by Gasteiger charge is 2.52. The number of halogens is 12. The number of benzene rings is 1. The second kappa shape index (κ2) is 15.2. The van der Waals surface area contributed by atoms with Crippen molar-refractivity contribution in [3.05, 3.63) is 82.7 Å². The van der Waals surface area contributed by atoms with Crippen molar-refractivity contribution < 1.29 is 71.7 Å². The summed E-state index contributed by atoms with van der Waals surface area (Å²) in [4.78, 5) is 35.3. The second-order valence-electron chi connectivity index (χ2n) is 12.3. The Hall–Kier alpha value is -4.70. The molecular weight excluding hydrogens is 760 g/mol. The zero-order valence-corrected chi connectivity index (χ0v) is 27.4. The third kappa shape index (κ3) is 9.32. The summed E-state index contributed by atoms with van der Waals surface area (Å²) >= 11 is 0. The number of amides is 2. The molecule has 0 aliphatic carbocycles. The number of ether oxygens (including phenoxy) is 2. The molecule has 2 unspecified atom stereocenters. The molecule has 0 saturated carbocycles. The zero-order valence-electron chi connectivity index (χ0n) is 27.4. The number of pyridine rings is 2. The highest BCUT2D eigenvalue weighted by Crippen LogP contribution is 2.37. The van der Waals surface area contributed by atoms with Gasteiger partial charge >= 0.3 is 12.7 Å². The number of nitrogens with zero attached hydrogens (tertiary/aromatic N) is 5. The van der Waals surface area contributed by atoms with Crippen molar-refractivity contribution >= 4 is 23.5 Å². The third-order valence-electron chi connectivity index (χ3n) is 8.53. The van der Waals surface area contributed by atoms with Crippen LogP contribution in [0.4, 0.5) is 64.3 Å². The maximum atomic E-state index is 14.3. The smallest absolute Gasteiger partial charge is 0.350 e. The Labute approximate surface area is 297 Å². The molecule has 10 nitrogen and oxygen atoms in total. The predicted molar refractivity (Wildman–Crippen MR) is 162 cm³/mol. The lowest BCUT2D eigenvalue weighted by atomic mass is 10.0. The molecule has 6 rings (SSSR count). The Balaban J connectivity index is 0.000000223. The number of alkyl halides is 10. The predicted octanol–water partition coefficient (Wildman–Crippen LogP) is 6.20. The van der Waals surface area contributed by atoms with Gasteiger partial charge in [-0.05, 0) is 37.1 Å². The van der Waals surface area contributed by atoms with Crippen LogP contribution in [-0.4, -0.2) is 89.6 Å². The molecule has 2 fully saturated rings. The van der Waals surface area contributed by atoms with Crippen LogP contribution in [0.1, 0.15) is 44.7 Å². The Morgan fingerprint density at radius 2 is 1.13 bits per heavy atom. The van der Waals surface area contributed by atoms with Gasteiger partial charge in [-0.3, -0.25) is 24.0 Å². The van der Waals surface area contributed by atoms with Crippen LogP contribution in [0, 0.1) is 11.6 Å². The molecule has 0 bridgehead atoms. The fraction of sp³-hybridized carbons (Fsp3) is 0.438. The summed E-state index contributed by atoms with van der Waals surface area (Å²) in [5.41, 5.74) is 5.58. The molecule has 2 atom stereocenters. The normalized spacial score (nSPS) is 21.2. The van der Waals surface area contributed by atoms with Gasteiger partial charge in [-0.25, -0.2) is 36.3 Å². The molecular formula is C32H28F12N6O4. The molecule has 22 heteroatoms. The standard InChI is InChI=1S/C20H15F6N3O3.C12H13F6N3O/c21-14-8-27-16(28-6-5-15(19(22,23)10-28)32-20(24,25)26)7-11(14)9-29-17(30)12-3-1-2-4-13(12)18(29)31;13-8-5-20-10(3-7(8)4-19)21-2-1-9(11(14,15)6-21)22-12(16,17)18/h1-4,7-8,15H,5-6,9-10H2;3,5,9H,1-2,4,6,19H2. The lowest BCUT2D eigenvalue weighted by Crippen LogP contribution is -2.54. The molecule has 3 aliphatic rings. The van der Waals surface area contributed by atoms with E-state index in [1.165, 1.54) is 18.2 Å². The maximum absolute atomic E-state index is 14.3. The van der Waals surface area contributed by atoms with E-state index in [-0.39, 0.29) is 53.5 Å². The minimum Gasteiger partial charge on any atom is -0.350 e. The van der Waals surface area contributed by atoms with E-state index in [9.17, 15) is 62.3 Å². The number of anilines is 2. The lowest BCUT2D eigenvalue weighted by Gasteiger charge is -2.38. The second-order valence-corrected chi connectivity index (χ2v) is 12.3. The average Bonchev–Trinajstić information content (AvgIpc) is 3.31. The third-order valence-corrected chi connectivity index (χ3v) is 8.53. The number of nitrogens with two attached hydrogens (primary N) is 1. The molecule has 294 valence electrons. The van der Waals surface area contributed by atoms with Gasteiger partial charge in [-0.1, -0.05) is 12.1 Å². The first-order valence-corrected chi connectivity index (χ1v) is 15.8. The molecule has 3 aliphatic heterocycles. The number of hydrogen-bond acceptors (Lipinski definition) is 9. The van der Waals surface area contributed by atoms with Crippen molar-refractivity contribution in [3.63, 3.8) is 0 Å². The Morgan fingerprint density at radius 3 is 1.52 bits per heavy atom. The number of hydrogen-bond donors (Lipinski definition) is 1. The van der Waals surface area contributed by atoms with Gasteiger partial charge in [0, 0.05) is 30.8 Å². The molecule has 2 amide bonds. The number of imide groups is 1. The monoisotopic (exact) mass is 788 g/mol. The molecule has 2 N–H and O–H groups in total. The van der Waals surface area contributed by atoms with Crippen LogP contribution in [0.3, 0.4) is 0 Å². The van der Waals surface area contributed by atoms with Crippen LogP contribution in [0.25, 0.3) is 0 Å². The summed E-state index contributed by atoms with van der Waals surface area (Å²) in [6, 6.07) is 8.37. The quantitative estimate of drug-likeness (QED) is 0.221. The largest absolute Gasteiger partial charge is 0.522 e. The highest BCUT2D eigenvalue weighted by atomic mass is 19.4. The van der Waals surface area contributed by atoms with Gasteiger partial charge in [0.25, 0.3) is 23.7 Å². The van der Waals surface area contributed by atoms with Crippen LogP contribution in [0.2, 0.25) is 0 Å². The number of carbonyl (C=O) groups is 2. The fourth-order valence-corrected chi connectivity index (χ4v) is 5.96. The number of piperidine rings is 2. The summed E-state index contributed by atoms with van der Waals surface area (Å²) < 4.78 is 164. The summed E-state index contributed by atoms with van der Waals surface area (Å²) in [5, 5.41) is 0. The van der Waals surface area contributed by atoms with Crippen LogP contribution < -0.4 is 15.5 Å². The first kappa shape index (κ1) is 40.5. The number of aromatic nitrogens is 2. The zero-order chi connectivity index (χ0) is 39.8. The molecule has 54 heavy (non-hydrogen) atoms. The van der Waals surface area contributed by atoms with Crippen molar-refractivity contribution in [2.75, 3.05) is 36.0 Å². The van der Waals surface area contributed by atoms with E-state index in [0.717, 1.165) is 33.2 Å². The van der Waals surface area contributed by atoms with Crippen molar-refractivity contribution in [3.8, 4) is 0 Å². The van der Waals surface area contributed by atoms with Gasteiger partial charge < -0.3 is 15.5 Å². The van der Waals surface area contributed by atoms with Gasteiger partial charge in [0.05, 0.1) is 43.2 Å². The molecule has 0 radical (unpaired) electrons. The summed E-state index contributed by atoms with van der Waals surface area (Å²) in [5.74, 6) is -10.4. The van der Waals surface area contributed by atoms with E-state index in [4.69, 9.17) is 5.73 Å². The van der Waals surface area contributed by atoms with Crippen molar-refractivity contribution in [2.24, 2.45) is 5.73 Å². The van der Waals surface area contributed by atoms with Crippen molar-refractivity contribution in [1.29, 1.82) is 0 Å².